The number of anilines is 1. The first-order valence-electron chi connectivity index (χ1n) is 7.77. The zero-order chi connectivity index (χ0) is 16.4. The Morgan fingerprint density at radius 1 is 1.13 bits per heavy atom. The van der Waals surface area contributed by atoms with Gasteiger partial charge in [-0.3, -0.25) is 9.59 Å². The van der Waals surface area contributed by atoms with Crippen molar-refractivity contribution in [2.24, 2.45) is 0 Å². The number of carbonyl (C=O) groups is 2. The lowest BCUT2D eigenvalue weighted by atomic mass is 9.99. The van der Waals surface area contributed by atoms with Crippen molar-refractivity contribution in [1.82, 2.24) is 0 Å². The second-order valence-electron chi connectivity index (χ2n) is 5.96. The van der Waals surface area contributed by atoms with E-state index in [1.165, 1.54) is 5.56 Å². The summed E-state index contributed by atoms with van der Waals surface area (Å²) in [5, 5.41) is 12.0. The van der Waals surface area contributed by atoms with E-state index in [0.29, 0.717) is 5.69 Å². The van der Waals surface area contributed by atoms with Crippen LogP contribution >= 0.6 is 0 Å². The number of nitrogens with one attached hydrogen (secondary N) is 1. The molecule has 3 rings (SSSR count). The Hall–Kier alpha value is -2.62. The van der Waals surface area contributed by atoms with Crippen LogP contribution in [0.3, 0.4) is 0 Å². The first-order valence-corrected chi connectivity index (χ1v) is 7.77. The van der Waals surface area contributed by atoms with Gasteiger partial charge in [-0.25, -0.2) is 0 Å². The fraction of sp³-hybridized carbons (Fsp3) is 0.263. The van der Waals surface area contributed by atoms with Gasteiger partial charge >= 0.3 is 5.97 Å². The maximum absolute atomic E-state index is 12.5. The van der Waals surface area contributed by atoms with Crippen LogP contribution in [0.5, 0.6) is 0 Å². The molecule has 0 saturated carbocycles. The van der Waals surface area contributed by atoms with Gasteiger partial charge in [0.15, 0.2) is 0 Å². The van der Waals surface area contributed by atoms with Crippen molar-refractivity contribution >= 4 is 17.6 Å². The van der Waals surface area contributed by atoms with E-state index in [4.69, 9.17) is 5.11 Å². The van der Waals surface area contributed by atoms with E-state index in [1.54, 1.807) is 31.2 Å². The van der Waals surface area contributed by atoms with E-state index in [0.717, 1.165) is 24.0 Å². The topological polar surface area (TPSA) is 66.4 Å². The highest BCUT2D eigenvalue weighted by molar-refractivity contribution is 5.96. The van der Waals surface area contributed by atoms with Crippen LogP contribution in [-0.4, -0.2) is 17.0 Å². The summed E-state index contributed by atoms with van der Waals surface area (Å²) in [6.45, 7) is 1.64. The number of hydrogen-bond donors (Lipinski definition) is 2. The number of hydrogen-bond acceptors (Lipinski definition) is 2. The molecule has 0 heterocycles. The summed E-state index contributed by atoms with van der Waals surface area (Å²) in [4.78, 5) is 23.5. The second-order valence-corrected chi connectivity index (χ2v) is 5.96. The zero-order valence-electron chi connectivity index (χ0n) is 13.0. The Morgan fingerprint density at radius 3 is 2.52 bits per heavy atom. The van der Waals surface area contributed by atoms with Crippen LogP contribution in [-0.2, 0) is 16.0 Å². The van der Waals surface area contributed by atoms with Gasteiger partial charge in [-0.15, -0.1) is 0 Å². The summed E-state index contributed by atoms with van der Waals surface area (Å²) in [6, 6.07) is 15.1. The van der Waals surface area contributed by atoms with Crippen molar-refractivity contribution in [2.75, 3.05) is 5.32 Å². The molecule has 0 radical (unpaired) electrons. The average Bonchev–Trinajstić information content (AvgIpc) is 2.99. The normalized spacial score (nSPS) is 17.3. The van der Waals surface area contributed by atoms with E-state index in [-0.39, 0.29) is 11.8 Å². The van der Waals surface area contributed by atoms with Crippen LogP contribution in [0.1, 0.15) is 41.9 Å². The van der Waals surface area contributed by atoms with Gasteiger partial charge in [-0.2, -0.15) is 0 Å². The molecule has 2 atom stereocenters. The molecule has 1 amide bonds. The number of carboxylic acids is 1. The fourth-order valence-electron chi connectivity index (χ4n) is 3.06. The molecule has 1 aliphatic rings. The van der Waals surface area contributed by atoms with Crippen LogP contribution in [0.2, 0.25) is 0 Å². The van der Waals surface area contributed by atoms with Crippen molar-refractivity contribution in [3.63, 3.8) is 0 Å². The minimum Gasteiger partial charge on any atom is -0.481 e. The minimum absolute atomic E-state index is 0.00557. The minimum atomic E-state index is -0.857. The van der Waals surface area contributed by atoms with Crippen molar-refractivity contribution in [3.05, 3.63) is 65.2 Å². The van der Waals surface area contributed by atoms with E-state index >= 15 is 0 Å². The molecule has 0 aliphatic heterocycles. The number of benzene rings is 2. The van der Waals surface area contributed by atoms with Crippen molar-refractivity contribution < 1.29 is 14.7 Å². The maximum atomic E-state index is 12.5. The molecular formula is C19H19NO3. The van der Waals surface area contributed by atoms with Gasteiger partial charge < -0.3 is 10.4 Å². The molecule has 118 valence electrons. The Balaban J connectivity index is 1.70. The van der Waals surface area contributed by atoms with Crippen LogP contribution in [0, 0.1) is 0 Å². The Morgan fingerprint density at radius 2 is 1.83 bits per heavy atom. The Bertz CT molecular complexity index is 737. The molecule has 2 aromatic carbocycles. The molecule has 4 heteroatoms. The monoisotopic (exact) mass is 309 g/mol. The molecule has 4 nitrogen and oxygen atoms in total. The number of amides is 1. The lowest BCUT2D eigenvalue weighted by molar-refractivity contribution is -0.138. The first-order chi connectivity index (χ1) is 11.1. The SMILES string of the molecule is CC(C(=O)O)c1ccc(NC(=O)C2CCc3ccccc32)cc1. The molecule has 0 spiro atoms. The van der Waals surface area contributed by atoms with E-state index < -0.39 is 11.9 Å². The average molecular weight is 309 g/mol. The molecule has 2 unspecified atom stereocenters. The summed E-state index contributed by atoms with van der Waals surface area (Å²) in [5.41, 5.74) is 3.78. The van der Waals surface area contributed by atoms with Crippen LogP contribution in [0.15, 0.2) is 48.5 Å². The van der Waals surface area contributed by atoms with Gasteiger partial charge in [-0.1, -0.05) is 36.4 Å². The van der Waals surface area contributed by atoms with E-state index in [2.05, 4.69) is 11.4 Å². The fourth-order valence-corrected chi connectivity index (χ4v) is 3.06. The number of carboxylic acid groups (broad SMARTS) is 1. The van der Waals surface area contributed by atoms with Crippen LogP contribution in [0.4, 0.5) is 5.69 Å². The lowest BCUT2D eigenvalue weighted by Crippen LogP contribution is -2.19. The quantitative estimate of drug-likeness (QED) is 0.907. The number of aryl methyl sites for hydroxylation is 1. The predicted molar refractivity (Wildman–Crippen MR) is 88.6 cm³/mol. The molecule has 0 bridgehead atoms. The van der Waals surface area contributed by atoms with Gasteiger partial charge in [0.05, 0.1) is 11.8 Å². The second kappa shape index (κ2) is 6.24. The summed E-state index contributed by atoms with van der Waals surface area (Å²) >= 11 is 0. The highest BCUT2D eigenvalue weighted by Gasteiger charge is 2.28. The Kier molecular flexibility index (Phi) is 4.15. The number of fused-ring (bicyclic) bond motifs is 1. The first kappa shape index (κ1) is 15.3. The van der Waals surface area contributed by atoms with Crippen molar-refractivity contribution in [2.45, 2.75) is 31.6 Å². The van der Waals surface area contributed by atoms with Crippen molar-refractivity contribution in [1.29, 1.82) is 0 Å². The number of aliphatic carboxylic acids is 1. The predicted octanol–water partition coefficient (Wildman–Crippen LogP) is 3.54. The lowest BCUT2D eigenvalue weighted by Gasteiger charge is -2.13. The van der Waals surface area contributed by atoms with Gasteiger partial charge in [0.25, 0.3) is 0 Å². The molecule has 0 fully saturated rings. The molecule has 0 aromatic heterocycles. The van der Waals surface area contributed by atoms with Crippen LogP contribution in [0.25, 0.3) is 0 Å². The third-order valence-corrected chi connectivity index (χ3v) is 4.50. The maximum Gasteiger partial charge on any atom is 0.310 e. The highest BCUT2D eigenvalue weighted by Crippen LogP contribution is 2.33. The van der Waals surface area contributed by atoms with Crippen molar-refractivity contribution in [3.8, 4) is 0 Å². The third-order valence-electron chi connectivity index (χ3n) is 4.50. The molecule has 2 aromatic rings. The standard InChI is InChI=1S/C19H19NO3/c1-12(19(22)23)13-6-9-15(10-7-13)20-18(21)17-11-8-14-4-2-3-5-16(14)17/h2-7,9-10,12,17H,8,11H2,1H3,(H,20,21)(H,22,23). The van der Waals surface area contributed by atoms with Gasteiger partial charge in [0.1, 0.15) is 0 Å². The summed E-state index contributed by atoms with van der Waals surface area (Å²) < 4.78 is 0. The number of carbonyl (C=O) groups excluding carboxylic acids is 1. The van der Waals surface area contributed by atoms with Crippen LogP contribution < -0.4 is 5.32 Å². The van der Waals surface area contributed by atoms with Gasteiger partial charge in [0.2, 0.25) is 5.91 Å². The summed E-state index contributed by atoms with van der Waals surface area (Å²) in [6.07, 6.45) is 1.77. The third kappa shape index (κ3) is 3.11. The molecular weight excluding hydrogens is 290 g/mol. The molecule has 0 saturated heterocycles. The largest absolute Gasteiger partial charge is 0.481 e. The molecule has 2 N–H and O–H groups in total. The Labute approximate surface area is 135 Å². The highest BCUT2D eigenvalue weighted by atomic mass is 16.4. The van der Waals surface area contributed by atoms with Gasteiger partial charge in [-0.05, 0) is 48.6 Å². The smallest absolute Gasteiger partial charge is 0.310 e. The van der Waals surface area contributed by atoms with E-state index in [9.17, 15) is 9.59 Å². The van der Waals surface area contributed by atoms with Gasteiger partial charge in [0, 0.05) is 5.69 Å². The summed E-state index contributed by atoms with van der Waals surface area (Å²) in [7, 11) is 0. The zero-order valence-corrected chi connectivity index (χ0v) is 13.0. The van der Waals surface area contributed by atoms with E-state index in [1.807, 2.05) is 18.2 Å². The number of rotatable bonds is 4. The molecule has 23 heavy (non-hydrogen) atoms. The molecule has 1 aliphatic carbocycles. The summed E-state index contributed by atoms with van der Waals surface area (Å²) in [5.74, 6) is -1.52.